The van der Waals surface area contributed by atoms with Crippen molar-refractivity contribution >= 4 is 0 Å². The summed E-state index contributed by atoms with van der Waals surface area (Å²) in [5.74, 6) is 0. The molecule has 0 aromatic heterocycles. The second-order valence-electron chi connectivity index (χ2n) is 10.9. The van der Waals surface area contributed by atoms with E-state index < -0.39 is 6.51 Å². The fraction of sp³-hybridized carbons (Fsp3) is 1.00. The molecule has 0 radical (unpaired) electrons. The van der Waals surface area contributed by atoms with E-state index in [-0.39, 0.29) is 0 Å². The van der Waals surface area contributed by atoms with E-state index in [9.17, 15) is 0 Å². The predicted octanol–water partition coefficient (Wildman–Crippen LogP) is 3.47. The maximum absolute atomic E-state index is 5.81. The maximum atomic E-state index is 5.81. The number of hydrogen-bond donors (Lipinski definition) is 0. The molecule has 0 bridgehead atoms. The van der Waals surface area contributed by atoms with E-state index in [2.05, 4.69) is 0 Å². The van der Waals surface area contributed by atoms with Gasteiger partial charge in [0.05, 0.1) is 0 Å². The molecule has 2 nitrogen and oxygen atoms in total. The van der Waals surface area contributed by atoms with Crippen LogP contribution in [0.2, 0.25) is 47.7 Å². The summed E-state index contributed by atoms with van der Waals surface area (Å²) in [5.41, 5.74) is 0. The number of rotatable bonds is 1. The van der Waals surface area contributed by atoms with E-state index >= 15 is 0 Å². The molecular weight excluding hydrogens is 244 g/mol. The zero-order chi connectivity index (χ0) is 9.42. The molecule has 5 atom stereocenters. The van der Waals surface area contributed by atoms with Crippen LogP contribution in [0.25, 0.3) is 0 Å². The van der Waals surface area contributed by atoms with Crippen LogP contribution in [0.3, 0.4) is 0 Å². The zero-order valence-corrected chi connectivity index (χ0v) is 9.96. The quantitative estimate of drug-likeness (QED) is 0.529. The molecule has 0 N–H and O–H groups in total. The molecule has 0 saturated carbocycles. The summed E-state index contributed by atoms with van der Waals surface area (Å²) >= 11 is 0. The normalized spacial score (nSPS) is 136. The third-order valence-corrected chi connectivity index (χ3v) is 58.6. The summed E-state index contributed by atoms with van der Waals surface area (Å²) in [7, 11) is 0. The van der Waals surface area contributed by atoms with E-state index in [1.165, 1.54) is 49.8 Å². The fourth-order valence-corrected chi connectivity index (χ4v) is 92.9. The van der Waals surface area contributed by atoms with Crippen LogP contribution in [0.4, 0.5) is 0 Å². The van der Waals surface area contributed by atoms with E-state index in [4.69, 9.17) is 9.78 Å². The van der Waals surface area contributed by atoms with Crippen LogP contribution in [0.15, 0.2) is 0 Å². The number of hydrogen-bond acceptors (Lipinski definition) is 2. The van der Waals surface area contributed by atoms with Crippen LogP contribution >= 0.6 is 0 Å². The summed E-state index contributed by atoms with van der Waals surface area (Å²) < 4.78 is 0.926. The van der Waals surface area contributed by atoms with Crippen LogP contribution in [0.1, 0.15) is 6.42 Å². The van der Waals surface area contributed by atoms with Gasteiger partial charge in [0.2, 0.25) is 0 Å². The molecule has 3 heteroatoms. The zero-order valence-electron chi connectivity index (χ0n) is 8.86. The molecule has 11 fully saturated rings. The van der Waals surface area contributed by atoms with Gasteiger partial charge in [0.25, 0.3) is 0 Å². The third-order valence-electron chi connectivity index (χ3n) is 15.9. The van der Waals surface area contributed by atoms with E-state index in [1.807, 2.05) is 0 Å². The first-order valence-corrected chi connectivity index (χ1v) is 13.4. The van der Waals surface area contributed by atoms with Crippen molar-refractivity contribution in [3.63, 3.8) is 0 Å². The minimum atomic E-state index is -2.83. The van der Waals surface area contributed by atoms with Gasteiger partial charge in [-0.25, -0.2) is 0 Å². The summed E-state index contributed by atoms with van der Waals surface area (Å²) in [5, 5.41) is 0. The Labute approximate surface area is 83.3 Å². The Hall–Kier alpha value is 0.439. The Balaban J connectivity index is 1.62. The van der Waals surface area contributed by atoms with Crippen LogP contribution in [0.5, 0.6) is 0 Å². The summed E-state index contributed by atoms with van der Waals surface area (Å²) in [6.45, 7) is -1.92. The van der Waals surface area contributed by atoms with E-state index in [1.54, 1.807) is 0 Å². The molecule has 11 rings (SSSR count). The monoisotopic (exact) mass is 258 g/mol. The molecule has 11 aliphatic rings. The molecule has 16 heavy (non-hydrogen) atoms. The van der Waals surface area contributed by atoms with Gasteiger partial charge in [-0.3, -0.25) is 0 Å². The topological polar surface area (TPSA) is 18.5 Å². The fourth-order valence-electron chi connectivity index (χ4n) is 17.9. The average Bonchev–Trinajstić information content (AvgIpc) is 3.20. The third kappa shape index (κ3) is 0.0509. The standard InChI is InChI=1S/C8H9O2.C5H5.Fe/c1-2-4-7(3-1)8-5-6-9-10-8;1-2-4-5-3-1;/h1-4,8H,5-6H2;1-5H;. The van der Waals surface area contributed by atoms with Gasteiger partial charge in [0, 0.05) is 0 Å². The van der Waals surface area contributed by atoms with E-state index in [0.717, 1.165) is 10.9 Å². The molecule has 0 amide bonds. The van der Waals surface area contributed by atoms with Crippen molar-refractivity contribution in [1.82, 2.24) is 0 Å². The van der Waals surface area contributed by atoms with E-state index in [0.29, 0.717) is 6.10 Å². The van der Waals surface area contributed by atoms with Crippen LogP contribution in [-0.4, -0.2) is 12.7 Å². The molecule has 11 saturated heterocycles. The molecule has 0 aromatic carbocycles. The van der Waals surface area contributed by atoms with Crippen molar-refractivity contribution in [2.75, 3.05) is 6.61 Å². The van der Waals surface area contributed by atoms with Gasteiger partial charge >= 0.3 is 83.1 Å². The van der Waals surface area contributed by atoms with Gasteiger partial charge in [-0.1, -0.05) is 0 Å². The van der Waals surface area contributed by atoms with Crippen LogP contribution < -0.4 is 0 Å². The van der Waals surface area contributed by atoms with Crippen molar-refractivity contribution in [3.8, 4) is 0 Å². The first-order chi connectivity index (χ1) is 7.65. The molecule has 5 unspecified atom stereocenters. The van der Waals surface area contributed by atoms with Crippen molar-refractivity contribution in [3.05, 3.63) is 0 Å². The van der Waals surface area contributed by atoms with Gasteiger partial charge < -0.3 is 0 Å². The van der Waals surface area contributed by atoms with Crippen LogP contribution in [-0.2, 0) is 16.3 Å². The summed E-state index contributed by atoms with van der Waals surface area (Å²) in [6, 6.07) is 0. The van der Waals surface area contributed by atoms with Gasteiger partial charge in [-0.2, -0.15) is 0 Å². The Morgan fingerprint density at radius 2 is 1.50 bits per heavy atom. The van der Waals surface area contributed by atoms with Crippen molar-refractivity contribution in [2.24, 2.45) is 0 Å². The molecule has 0 aliphatic carbocycles. The molecule has 86 valence electrons. The van der Waals surface area contributed by atoms with Crippen LogP contribution in [0, 0.1) is 0 Å². The molecule has 11 aliphatic heterocycles. The first-order valence-electron chi connectivity index (χ1n) is 7.15. The Morgan fingerprint density at radius 3 is 1.81 bits per heavy atom. The Bertz CT molecular complexity index is 862. The predicted molar refractivity (Wildman–Crippen MR) is 51.9 cm³/mol. The molecule has 1 spiro atoms. The number of fused-ring (bicyclic) bond motifs is 10. The molecule has 11 heterocycles. The van der Waals surface area contributed by atoms with Gasteiger partial charge in [0.15, 0.2) is 0 Å². The second kappa shape index (κ2) is 0.441. The van der Waals surface area contributed by atoms with Crippen molar-refractivity contribution in [2.45, 2.75) is 60.2 Å². The molecule has 0 aromatic rings. The first kappa shape index (κ1) is 5.61. The summed E-state index contributed by atoms with van der Waals surface area (Å²) in [4.78, 5) is 24.0. The van der Waals surface area contributed by atoms with Crippen molar-refractivity contribution < 1.29 is 16.3 Å². The van der Waals surface area contributed by atoms with Gasteiger partial charge in [-0.15, -0.1) is 0 Å². The Kier molecular flexibility index (Phi) is 0.155. The second-order valence-corrected chi connectivity index (χ2v) is 34.5. The van der Waals surface area contributed by atoms with Gasteiger partial charge in [-0.05, 0) is 0 Å². The average molecular weight is 258 g/mol. The van der Waals surface area contributed by atoms with Crippen molar-refractivity contribution in [1.29, 1.82) is 0 Å². The van der Waals surface area contributed by atoms with Gasteiger partial charge in [0.1, 0.15) is 0 Å². The molecular formula is C13H14FeO2. The Morgan fingerprint density at radius 1 is 0.875 bits per heavy atom. The SMILES string of the molecule is C1CC([C]23[CH]4[CH]5[CH]6[CH]2[Fe]56432789[CH]3[CH]2[CH]7[CH]8[CH]39)OO1. The summed E-state index contributed by atoms with van der Waals surface area (Å²) in [6.07, 6.45) is 1.89. The minimum absolute atomic E-state index is 0.626.